The summed E-state index contributed by atoms with van der Waals surface area (Å²) in [7, 11) is 0. The summed E-state index contributed by atoms with van der Waals surface area (Å²) >= 11 is 0. The van der Waals surface area contributed by atoms with Crippen LogP contribution in [0.15, 0.2) is 60.7 Å². The van der Waals surface area contributed by atoms with Gasteiger partial charge >= 0.3 is 0 Å². The summed E-state index contributed by atoms with van der Waals surface area (Å²) < 4.78 is 0. The van der Waals surface area contributed by atoms with Gasteiger partial charge in [0, 0.05) is 0 Å². The van der Waals surface area contributed by atoms with Gasteiger partial charge in [-0.2, -0.15) is 0 Å². The van der Waals surface area contributed by atoms with Crippen LogP contribution in [0.5, 0.6) is 0 Å². The third-order valence-electron chi connectivity index (χ3n) is 4.69. The molecule has 0 saturated carbocycles. The number of ketones is 1. The van der Waals surface area contributed by atoms with Gasteiger partial charge in [-0.1, -0.05) is 102 Å². The quantitative estimate of drug-likeness (QED) is 0.690. The normalized spacial score (nSPS) is 15.1. The third kappa shape index (κ3) is 5.77. The average Bonchev–Trinajstić information content (AvgIpc) is 3.29. The molecule has 0 spiro atoms. The molecular weight excluding hydrogens is 330 g/mol. The molecule has 3 rings (SSSR count). The minimum Gasteiger partial charge on any atom is -0.316 e. The first-order chi connectivity index (χ1) is 13.3. The van der Waals surface area contributed by atoms with E-state index in [4.69, 9.17) is 0 Å². The zero-order chi connectivity index (χ0) is 20.7. The van der Waals surface area contributed by atoms with Crippen LogP contribution >= 0.6 is 0 Å². The summed E-state index contributed by atoms with van der Waals surface area (Å²) in [5.41, 5.74) is 1.68. The van der Waals surface area contributed by atoms with Gasteiger partial charge in [-0.15, -0.1) is 0 Å². The van der Waals surface area contributed by atoms with E-state index in [1.807, 2.05) is 77.9 Å². The van der Waals surface area contributed by atoms with Crippen molar-refractivity contribution in [2.24, 2.45) is 5.92 Å². The number of rotatable bonds is 4. The Hall–Kier alpha value is -1.93. The Labute approximate surface area is 167 Å². The van der Waals surface area contributed by atoms with Gasteiger partial charge in [0.15, 0.2) is 0 Å². The van der Waals surface area contributed by atoms with E-state index in [1.54, 1.807) is 6.92 Å². The van der Waals surface area contributed by atoms with Crippen molar-refractivity contribution >= 4 is 5.78 Å². The zero-order valence-corrected chi connectivity index (χ0v) is 18.4. The van der Waals surface area contributed by atoms with Gasteiger partial charge in [0.25, 0.3) is 0 Å². The van der Waals surface area contributed by atoms with Gasteiger partial charge in [0.1, 0.15) is 5.78 Å². The third-order valence-corrected chi connectivity index (χ3v) is 4.69. The molecule has 2 aromatic carbocycles. The molecule has 0 radical (unpaired) electrons. The lowest BCUT2D eigenvalue weighted by molar-refractivity contribution is -0.122. The Kier molecular flexibility index (Phi) is 13.2. The first kappa shape index (κ1) is 25.1. The van der Waals surface area contributed by atoms with Gasteiger partial charge in [0.2, 0.25) is 0 Å². The first-order valence-electron chi connectivity index (χ1n) is 10.6. The van der Waals surface area contributed by atoms with Crippen LogP contribution in [-0.2, 0) is 10.2 Å². The van der Waals surface area contributed by atoms with Crippen LogP contribution in [0.2, 0.25) is 0 Å². The number of carbonyl (C=O) groups excluding carboxylic acids is 1. The Morgan fingerprint density at radius 2 is 1.22 bits per heavy atom. The van der Waals surface area contributed by atoms with Crippen molar-refractivity contribution in [3.63, 3.8) is 0 Å². The van der Waals surface area contributed by atoms with Crippen molar-refractivity contribution in [3.05, 3.63) is 71.8 Å². The monoisotopic (exact) mass is 369 g/mol. The van der Waals surface area contributed by atoms with E-state index in [9.17, 15) is 4.79 Å². The summed E-state index contributed by atoms with van der Waals surface area (Å²) in [4.78, 5) is 12.8. The van der Waals surface area contributed by atoms with E-state index >= 15 is 0 Å². The van der Waals surface area contributed by atoms with Crippen LogP contribution in [0.3, 0.4) is 0 Å². The van der Waals surface area contributed by atoms with E-state index < -0.39 is 5.41 Å². The second-order valence-corrected chi connectivity index (χ2v) is 5.79. The topological polar surface area (TPSA) is 29.1 Å². The molecule has 1 heterocycles. The van der Waals surface area contributed by atoms with Crippen molar-refractivity contribution in [2.45, 2.75) is 60.3 Å². The lowest BCUT2D eigenvalue weighted by Gasteiger charge is -2.38. The van der Waals surface area contributed by atoms with Crippen LogP contribution in [-0.4, -0.2) is 18.9 Å². The standard InChI is InChI=1S/C19H21NO.3C2H6/c1-15(21)19(18-12-13-20-14-18,16-8-4-2-5-9-16)17-10-6-3-7-11-17;3*1-2/h2-11,18,20H,12-14H2,1H3;3*1-2H3. The number of hydrogen-bond donors (Lipinski definition) is 1. The first-order valence-corrected chi connectivity index (χ1v) is 10.6. The molecule has 150 valence electrons. The smallest absolute Gasteiger partial charge is 0.145 e. The van der Waals surface area contributed by atoms with Crippen molar-refractivity contribution in [2.75, 3.05) is 13.1 Å². The van der Waals surface area contributed by atoms with Crippen LogP contribution in [0, 0.1) is 5.92 Å². The number of nitrogens with one attached hydrogen (secondary N) is 1. The minimum atomic E-state index is -0.536. The van der Waals surface area contributed by atoms with Gasteiger partial charge < -0.3 is 5.32 Å². The van der Waals surface area contributed by atoms with Gasteiger partial charge in [0.05, 0.1) is 5.41 Å². The summed E-state index contributed by atoms with van der Waals surface area (Å²) in [5.74, 6) is 0.536. The molecule has 1 N–H and O–H groups in total. The van der Waals surface area contributed by atoms with E-state index in [-0.39, 0.29) is 5.78 Å². The van der Waals surface area contributed by atoms with Crippen LogP contribution in [0.1, 0.15) is 66.0 Å². The minimum absolute atomic E-state index is 0.230. The van der Waals surface area contributed by atoms with E-state index in [2.05, 4.69) is 29.6 Å². The average molecular weight is 370 g/mol. The molecule has 1 unspecified atom stereocenters. The fourth-order valence-corrected chi connectivity index (χ4v) is 3.76. The number of carbonyl (C=O) groups is 1. The molecule has 1 saturated heterocycles. The fourth-order valence-electron chi connectivity index (χ4n) is 3.76. The molecule has 1 atom stereocenters. The van der Waals surface area contributed by atoms with E-state index in [0.717, 1.165) is 30.6 Å². The number of Topliss-reactive ketones (excluding diaryl/α,β-unsaturated/α-hetero) is 1. The Bertz CT molecular complexity index is 561. The van der Waals surface area contributed by atoms with Crippen molar-refractivity contribution in [3.8, 4) is 0 Å². The van der Waals surface area contributed by atoms with Crippen LogP contribution < -0.4 is 5.32 Å². The Balaban J connectivity index is 0.00000103. The van der Waals surface area contributed by atoms with Crippen molar-refractivity contribution in [1.29, 1.82) is 0 Å². The van der Waals surface area contributed by atoms with Gasteiger partial charge in [-0.3, -0.25) is 4.79 Å². The van der Waals surface area contributed by atoms with E-state index in [0.29, 0.717) is 5.92 Å². The highest BCUT2D eigenvalue weighted by atomic mass is 16.1. The predicted molar refractivity (Wildman–Crippen MR) is 119 cm³/mol. The summed E-state index contributed by atoms with van der Waals surface area (Å²) in [5, 5.41) is 3.42. The van der Waals surface area contributed by atoms with E-state index in [1.165, 1.54) is 0 Å². The molecule has 1 aliphatic rings. The molecule has 1 aliphatic heterocycles. The molecule has 0 amide bonds. The van der Waals surface area contributed by atoms with Crippen molar-refractivity contribution in [1.82, 2.24) is 5.32 Å². The highest BCUT2D eigenvalue weighted by Crippen LogP contribution is 2.42. The highest BCUT2D eigenvalue weighted by molar-refractivity contribution is 5.92. The Morgan fingerprint density at radius 3 is 1.52 bits per heavy atom. The van der Waals surface area contributed by atoms with Crippen LogP contribution in [0.4, 0.5) is 0 Å². The zero-order valence-electron chi connectivity index (χ0n) is 18.4. The van der Waals surface area contributed by atoms with Crippen LogP contribution in [0.25, 0.3) is 0 Å². The largest absolute Gasteiger partial charge is 0.316 e. The van der Waals surface area contributed by atoms with Gasteiger partial charge in [-0.05, 0) is 43.5 Å². The molecule has 0 aliphatic carbocycles. The SMILES string of the molecule is CC.CC.CC.CC(=O)C(c1ccccc1)(c1ccccc1)C1CCNC1. The number of hydrogen-bond acceptors (Lipinski definition) is 2. The maximum atomic E-state index is 12.8. The Morgan fingerprint density at radius 1 is 0.815 bits per heavy atom. The molecule has 2 nitrogen and oxygen atoms in total. The molecule has 1 fully saturated rings. The molecule has 27 heavy (non-hydrogen) atoms. The lowest BCUT2D eigenvalue weighted by Crippen LogP contribution is -2.44. The molecule has 0 aromatic heterocycles. The summed E-state index contributed by atoms with van der Waals surface area (Å²) in [6.07, 6.45) is 1.03. The molecule has 2 heteroatoms. The molecule has 2 aromatic rings. The lowest BCUT2D eigenvalue weighted by atomic mass is 9.63. The summed E-state index contributed by atoms with van der Waals surface area (Å²) in [6.45, 7) is 15.6. The van der Waals surface area contributed by atoms with Gasteiger partial charge in [-0.25, -0.2) is 0 Å². The summed E-state index contributed by atoms with van der Waals surface area (Å²) in [6, 6.07) is 20.5. The molecule has 0 bridgehead atoms. The van der Waals surface area contributed by atoms with Crippen molar-refractivity contribution < 1.29 is 4.79 Å². The maximum Gasteiger partial charge on any atom is 0.145 e. The number of benzene rings is 2. The molecular formula is C25H39NO. The highest BCUT2D eigenvalue weighted by Gasteiger charge is 2.46. The maximum absolute atomic E-state index is 12.8. The second kappa shape index (κ2) is 14.2. The fraction of sp³-hybridized carbons (Fsp3) is 0.480. The predicted octanol–water partition coefficient (Wildman–Crippen LogP) is 6.25. The second-order valence-electron chi connectivity index (χ2n) is 5.79.